The number of carbonyl (C=O) groups is 3. The van der Waals surface area contributed by atoms with Crippen LogP contribution in [0.2, 0.25) is 0 Å². The Morgan fingerprint density at radius 3 is 1.57 bits per heavy atom. The molecule has 1 rings (SSSR count). The van der Waals surface area contributed by atoms with Crippen molar-refractivity contribution in [2.24, 2.45) is 0 Å². The molecule has 0 radical (unpaired) electrons. The highest BCUT2D eigenvalue weighted by atomic mass is 16.3. The van der Waals surface area contributed by atoms with Gasteiger partial charge >= 0.3 is 0 Å². The molecule has 0 atom stereocenters. The van der Waals surface area contributed by atoms with Crippen molar-refractivity contribution in [2.75, 3.05) is 13.7 Å². The molecule has 2 N–H and O–H groups in total. The van der Waals surface area contributed by atoms with E-state index in [0.717, 1.165) is 18.4 Å². The van der Waals surface area contributed by atoms with Gasteiger partial charge in [-0.25, -0.2) is 0 Å². The molecule has 0 fully saturated rings. The van der Waals surface area contributed by atoms with Gasteiger partial charge in [-0.2, -0.15) is 0 Å². The van der Waals surface area contributed by atoms with Gasteiger partial charge in [-0.05, 0) is 46.2 Å². The second-order valence-corrected chi connectivity index (χ2v) is 6.14. The first-order valence-electron chi connectivity index (χ1n) is 10.0. The zero-order valence-corrected chi connectivity index (χ0v) is 19.1. The number of hydrogen-bond acceptors (Lipinski definition) is 5. The maximum absolute atomic E-state index is 11.1. The number of aliphatic hydroxyl groups is 1. The van der Waals surface area contributed by atoms with E-state index in [1.807, 2.05) is 65.1 Å². The van der Waals surface area contributed by atoms with E-state index in [-0.39, 0.29) is 29.5 Å². The SMILES string of the molecule is CC.CC(=O)CCO.CC(=O)Cc1ccccc1.CCC(CC)(NC)C(C)=O. The third-order valence-corrected chi connectivity index (χ3v) is 4.12. The lowest BCUT2D eigenvalue weighted by Crippen LogP contribution is -2.48. The minimum Gasteiger partial charge on any atom is -0.396 e. The van der Waals surface area contributed by atoms with Crippen molar-refractivity contribution in [1.29, 1.82) is 0 Å². The number of Topliss-reactive ketones (excluding diaryl/α,β-unsaturated/α-hetero) is 3. The van der Waals surface area contributed by atoms with E-state index in [9.17, 15) is 14.4 Å². The third kappa shape index (κ3) is 16.3. The maximum Gasteiger partial charge on any atom is 0.149 e. The molecule has 0 saturated heterocycles. The van der Waals surface area contributed by atoms with Crippen molar-refractivity contribution in [3.05, 3.63) is 35.9 Å². The van der Waals surface area contributed by atoms with E-state index in [2.05, 4.69) is 5.32 Å². The first-order valence-corrected chi connectivity index (χ1v) is 10.0. The summed E-state index contributed by atoms with van der Waals surface area (Å²) in [5, 5.41) is 11.1. The first kappa shape index (κ1) is 30.9. The van der Waals surface area contributed by atoms with Crippen LogP contribution >= 0.6 is 0 Å². The number of likely N-dealkylation sites (N-methyl/N-ethyl adjacent to an activating group) is 1. The van der Waals surface area contributed by atoms with Crippen LogP contribution in [0.25, 0.3) is 0 Å². The molecule has 0 aliphatic rings. The summed E-state index contributed by atoms with van der Waals surface area (Å²) in [6.45, 7) is 12.7. The summed E-state index contributed by atoms with van der Waals surface area (Å²) in [6.07, 6.45) is 2.59. The lowest BCUT2D eigenvalue weighted by Gasteiger charge is -2.27. The van der Waals surface area contributed by atoms with Crippen molar-refractivity contribution in [2.45, 2.75) is 79.7 Å². The first-order chi connectivity index (χ1) is 13.2. The van der Waals surface area contributed by atoms with Crippen LogP contribution in [-0.4, -0.2) is 41.6 Å². The molecule has 0 aliphatic carbocycles. The van der Waals surface area contributed by atoms with Crippen LogP contribution in [-0.2, 0) is 20.8 Å². The van der Waals surface area contributed by atoms with Gasteiger partial charge in [0.15, 0.2) is 0 Å². The summed E-state index contributed by atoms with van der Waals surface area (Å²) in [6, 6.07) is 9.75. The Balaban J connectivity index is -0.000000330. The van der Waals surface area contributed by atoms with Gasteiger partial charge in [0.05, 0.1) is 5.54 Å². The smallest absolute Gasteiger partial charge is 0.149 e. The molecule has 1 aromatic carbocycles. The van der Waals surface area contributed by atoms with E-state index < -0.39 is 0 Å². The lowest BCUT2D eigenvalue weighted by atomic mass is 9.89. The fourth-order valence-corrected chi connectivity index (χ4v) is 2.32. The molecule has 5 nitrogen and oxygen atoms in total. The normalized spacial score (nSPS) is 9.46. The van der Waals surface area contributed by atoms with Gasteiger partial charge in [0, 0.05) is 19.4 Å². The number of benzene rings is 1. The number of aliphatic hydroxyl groups excluding tert-OH is 1. The molecule has 0 spiro atoms. The summed E-state index contributed by atoms with van der Waals surface area (Å²) in [5.74, 6) is 0.490. The van der Waals surface area contributed by atoms with Gasteiger partial charge in [0.1, 0.15) is 17.3 Å². The van der Waals surface area contributed by atoms with Crippen LogP contribution in [0.15, 0.2) is 30.3 Å². The third-order valence-electron chi connectivity index (χ3n) is 4.12. The zero-order valence-electron chi connectivity index (χ0n) is 19.1. The van der Waals surface area contributed by atoms with Gasteiger partial charge in [-0.3, -0.25) is 14.4 Å². The summed E-state index contributed by atoms with van der Waals surface area (Å²) in [7, 11) is 1.84. The Morgan fingerprint density at radius 1 is 0.929 bits per heavy atom. The Labute approximate surface area is 171 Å². The van der Waals surface area contributed by atoms with E-state index in [0.29, 0.717) is 12.8 Å². The Morgan fingerprint density at radius 2 is 1.39 bits per heavy atom. The Hall–Kier alpha value is -1.85. The van der Waals surface area contributed by atoms with Gasteiger partial charge in [0.2, 0.25) is 0 Å². The van der Waals surface area contributed by atoms with Crippen LogP contribution in [0.5, 0.6) is 0 Å². The molecule has 0 unspecified atom stereocenters. The van der Waals surface area contributed by atoms with Crippen molar-refractivity contribution in [3.8, 4) is 0 Å². The van der Waals surface area contributed by atoms with Crippen LogP contribution < -0.4 is 5.32 Å². The van der Waals surface area contributed by atoms with E-state index in [4.69, 9.17) is 5.11 Å². The van der Waals surface area contributed by atoms with Crippen molar-refractivity contribution >= 4 is 17.3 Å². The molecule has 0 bridgehead atoms. The Kier molecular flexibility index (Phi) is 21.9. The van der Waals surface area contributed by atoms with Crippen molar-refractivity contribution in [3.63, 3.8) is 0 Å². The summed E-state index contributed by atoms with van der Waals surface area (Å²) in [4.78, 5) is 31.6. The Bertz CT molecular complexity index is 514. The quantitative estimate of drug-likeness (QED) is 0.691. The summed E-state index contributed by atoms with van der Waals surface area (Å²) < 4.78 is 0. The highest BCUT2D eigenvalue weighted by Crippen LogP contribution is 2.14. The number of nitrogens with one attached hydrogen (secondary N) is 1. The summed E-state index contributed by atoms with van der Waals surface area (Å²) >= 11 is 0. The number of ketones is 3. The van der Waals surface area contributed by atoms with Gasteiger partial charge in [-0.1, -0.05) is 58.0 Å². The molecule has 28 heavy (non-hydrogen) atoms. The van der Waals surface area contributed by atoms with Crippen molar-refractivity contribution < 1.29 is 19.5 Å². The molecular weight excluding hydrogens is 354 g/mol. The van der Waals surface area contributed by atoms with Crippen LogP contribution in [0.3, 0.4) is 0 Å². The van der Waals surface area contributed by atoms with Gasteiger partial charge in [-0.15, -0.1) is 0 Å². The minimum absolute atomic E-state index is 0.0185. The molecule has 5 heteroatoms. The molecule has 0 heterocycles. The molecule has 0 aliphatic heterocycles. The predicted molar refractivity (Wildman–Crippen MR) is 118 cm³/mol. The van der Waals surface area contributed by atoms with E-state index in [1.165, 1.54) is 6.92 Å². The number of hydrogen-bond donors (Lipinski definition) is 2. The van der Waals surface area contributed by atoms with Gasteiger partial charge < -0.3 is 10.4 Å². The fraction of sp³-hybridized carbons (Fsp3) is 0.609. The van der Waals surface area contributed by atoms with Gasteiger partial charge in [0.25, 0.3) is 0 Å². The van der Waals surface area contributed by atoms with Crippen LogP contribution in [0, 0.1) is 0 Å². The molecule has 0 aromatic heterocycles. The lowest BCUT2D eigenvalue weighted by molar-refractivity contribution is -0.123. The monoisotopic (exact) mass is 395 g/mol. The molecule has 1 aromatic rings. The number of rotatable bonds is 8. The average molecular weight is 396 g/mol. The molecular formula is C23H41NO4. The second kappa shape index (κ2) is 19.9. The summed E-state index contributed by atoms with van der Waals surface area (Å²) in [5.41, 5.74) is 0.829. The highest BCUT2D eigenvalue weighted by Gasteiger charge is 2.28. The van der Waals surface area contributed by atoms with E-state index >= 15 is 0 Å². The largest absolute Gasteiger partial charge is 0.396 e. The maximum atomic E-state index is 11.1. The van der Waals surface area contributed by atoms with Crippen molar-refractivity contribution in [1.82, 2.24) is 5.32 Å². The average Bonchev–Trinajstić information content (AvgIpc) is 2.66. The standard InChI is InChI=1S/C9H10O.C8H17NO.C4H8O2.C2H6/c1-8(10)7-9-5-3-2-4-6-9;1-5-8(6-2,9-4)7(3)10;1-4(6)2-3-5;1-2/h2-6H,7H2,1H3;9H,5-6H2,1-4H3;5H,2-3H2,1H3;1-2H3. The number of carbonyl (C=O) groups excluding carboxylic acids is 3. The second-order valence-electron chi connectivity index (χ2n) is 6.14. The zero-order chi connectivity index (χ0) is 22.6. The predicted octanol–water partition coefficient (Wildman–Crippen LogP) is 4.16. The highest BCUT2D eigenvalue weighted by molar-refractivity contribution is 5.85. The van der Waals surface area contributed by atoms with E-state index in [1.54, 1.807) is 13.8 Å². The molecule has 0 saturated carbocycles. The molecule has 0 amide bonds. The molecule has 162 valence electrons. The topological polar surface area (TPSA) is 83.5 Å². The minimum atomic E-state index is -0.264. The van der Waals surface area contributed by atoms with Crippen LogP contribution in [0.1, 0.15) is 73.3 Å². The van der Waals surface area contributed by atoms with Crippen LogP contribution in [0.4, 0.5) is 0 Å². The fourth-order valence-electron chi connectivity index (χ4n) is 2.32.